The Balaban J connectivity index is 1.71. The summed E-state index contributed by atoms with van der Waals surface area (Å²) in [6.07, 6.45) is 4.62. The van der Waals surface area contributed by atoms with Gasteiger partial charge in [0, 0.05) is 18.0 Å². The minimum Gasteiger partial charge on any atom is -0.378 e. The van der Waals surface area contributed by atoms with Crippen molar-refractivity contribution in [3.63, 3.8) is 0 Å². The van der Waals surface area contributed by atoms with Crippen molar-refractivity contribution in [2.75, 3.05) is 13.2 Å². The molecule has 1 aliphatic carbocycles. The van der Waals surface area contributed by atoms with Gasteiger partial charge in [-0.25, -0.2) is 0 Å². The van der Waals surface area contributed by atoms with E-state index in [-0.39, 0.29) is 17.9 Å². The van der Waals surface area contributed by atoms with Crippen molar-refractivity contribution in [1.29, 1.82) is 0 Å². The summed E-state index contributed by atoms with van der Waals surface area (Å²) in [5.41, 5.74) is 0. The van der Waals surface area contributed by atoms with Gasteiger partial charge in [0.25, 0.3) is 0 Å². The van der Waals surface area contributed by atoms with Crippen LogP contribution < -0.4 is 5.32 Å². The van der Waals surface area contributed by atoms with E-state index in [0.717, 1.165) is 19.6 Å². The molecule has 16 heavy (non-hydrogen) atoms. The maximum Gasteiger partial charge on any atom is 0.225 e. The molecule has 2 aliphatic rings. The van der Waals surface area contributed by atoms with E-state index in [2.05, 4.69) is 21.2 Å². The van der Waals surface area contributed by atoms with Gasteiger partial charge in [-0.2, -0.15) is 0 Å². The van der Waals surface area contributed by atoms with Gasteiger partial charge in [0.2, 0.25) is 5.91 Å². The number of carbonyl (C=O) groups is 1. The number of hydrogen-bond donors (Lipinski definition) is 1. The Hall–Kier alpha value is -0.0900. The van der Waals surface area contributed by atoms with Crippen molar-refractivity contribution in [3.8, 4) is 0 Å². The van der Waals surface area contributed by atoms with Crippen molar-refractivity contribution >= 4 is 21.8 Å². The van der Waals surface area contributed by atoms with Crippen molar-refractivity contribution < 1.29 is 9.53 Å². The predicted octanol–water partition coefficient (Wildman–Crippen LogP) is 2.09. The minimum atomic E-state index is 0.0705. The summed E-state index contributed by atoms with van der Waals surface area (Å²) in [7, 11) is 0. The Labute approximate surface area is 105 Å². The third kappa shape index (κ3) is 2.98. The van der Waals surface area contributed by atoms with Crippen LogP contribution in [0, 0.1) is 11.8 Å². The summed E-state index contributed by atoms with van der Waals surface area (Å²) in [5, 5.41) is 3.08. The van der Waals surface area contributed by atoms with Crippen LogP contribution in [0.15, 0.2) is 0 Å². The molecule has 92 valence electrons. The Morgan fingerprint density at radius 2 is 2.25 bits per heavy atom. The molecule has 2 fully saturated rings. The first-order valence-corrected chi connectivity index (χ1v) is 7.11. The first kappa shape index (κ1) is 12.4. The highest BCUT2D eigenvalue weighted by Crippen LogP contribution is 2.30. The van der Waals surface area contributed by atoms with Gasteiger partial charge in [-0.05, 0) is 38.5 Å². The van der Waals surface area contributed by atoms with E-state index in [0.29, 0.717) is 10.7 Å². The summed E-state index contributed by atoms with van der Waals surface area (Å²) >= 11 is 3.63. The number of nitrogens with one attached hydrogen (secondary N) is 1. The second kappa shape index (κ2) is 5.50. The molecule has 1 saturated heterocycles. The molecule has 0 aromatic carbocycles. The minimum absolute atomic E-state index is 0.0705. The fourth-order valence-corrected chi connectivity index (χ4v) is 3.44. The van der Waals surface area contributed by atoms with E-state index in [1.165, 1.54) is 19.3 Å². The highest BCUT2D eigenvalue weighted by molar-refractivity contribution is 9.09. The fraction of sp³-hybridized carbons (Fsp3) is 0.917. The molecular weight excluding hydrogens is 270 g/mol. The molecule has 4 unspecified atom stereocenters. The van der Waals surface area contributed by atoms with Crippen LogP contribution in [0.4, 0.5) is 0 Å². The van der Waals surface area contributed by atoms with Crippen LogP contribution in [0.1, 0.15) is 32.6 Å². The topological polar surface area (TPSA) is 38.3 Å². The average Bonchev–Trinajstić information content (AvgIpc) is 2.84. The summed E-state index contributed by atoms with van der Waals surface area (Å²) < 4.78 is 5.41. The van der Waals surface area contributed by atoms with Crippen molar-refractivity contribution in [2.24, 2.45) is 11.8 Å². The maximum atomic E-state index is 11.9. The van der Waals surface area contributed by atoms with E-state index < -0.39 is 0 Å². The van der Waals surface area contributed by atoms with Gasteiger partial charge in [0.15, 0.2) is 0 Å². The second-order valence-electron chi connectivity index (χ2n) is 4.99. The fourth-order valence-electron chi connectivity index (χ4n) is 2.65. The largest absolute Gasteiger partial charge is 0.378 e. The van der Waals surface area contributed by atoms with Gasteiger partial charge >= 0.3 is 0 Å². The Bertz CT molecular complexity index is 259. The number of ether oxygens (including phenoxy) is 1. The first-order chi connectivity index (χ1) is 7.66. The monoisotopic (exact) mass is 289 g/mol. The summed E-state index contributed by atoms with van der Waals surface area (Å²) in [5.74, 6) is 0.912. The molecule has 1 heterocycles. The number of alkyl halides is 1. The van der Waals surface area contributed by atoms with Crippen LogP contribution in [-0.4, -0.2) is 30.0 Å². The quantitative estimate of drug-likeness (QED) is 0.808. The number of amides is 1. The third-order valence-electron chi connectivity index (χ3n) is 3.76. The smallest absolute Gasteiger partial charge is 0.225 e. The van der Waals surface area contributed by atoms with E-state index in [4.69, 9.17) is 4.74 Å². The van der Waals surface area contributed by atoms with Crippen LogP contribution in [0.25, 0.3) is 0 Å². The molecule has 1 aliphatic heterocycles. The van der Waals surface area contributed by atoms with E-state index in [1.807, 2.05) is 6.92 Å². The number of carbonyl (C=O) groups excluding carboxylic acids is 1. The molecule has 0 aromatic heterocycles. The molecule has 0 spiro atoms. The molecule has 0 radical (unpaired) electrons. The molecule has 4 heteroatoms. The lowest BCUT2D eigenvalue weighted by Crippen LogP contribution is -2.36. The maximum absolute atomic E-state index is 11.9. The van der Waals surface area contributed by atoms with Crippen molar-refractivity contribution in [3.05, 3.63) is 0 Å². The Morgan fingerprint density at radius 3 is 2.81 bits per heavy atom. The predicted molar refractivity (Wildman–Crippen MR) is 66.6 cm³/mol. The van der Waals surface area contributed by atoms with E-state index in [9.17, 15) is 4.79 Å². The Morgan fingerprint density at radius 1 is 1.44 bits per heavy atom. The van der Waals surface area contributed by atoms with Gasteiger partial charge < -0.3 is 10.1 Å². The van der Waals surface area contributed by atoms with E-state index >= 15 is 0 Å². The normalized spacial score (nSPS) is 38.9. The number of halogens is 1. The van der Waals surface area contributed by atoms with Crippen LogP contribution in [0.3, 0.4) is 0 Å². The summed E-state index contributed by atoms with van der Waals surface area (Å²) in [6, 6.07) is 0. The molecule has 0 bridgehead atoms. The van der Waals surface area contributed by atoms with Crippen molar-refractivity contribution in [1.82, 2.24) is 5.32 Å². The lowest BCUT2D eigenvalue weighted by Gasteiger charge is -2.16. The zero-order valence-electron chi connectivity index (χ0n) is 9.75. The molecule has 1 amide bonds. The molecule has 4 atom stereocenters. The standard InChI is InChI=1S/C12H20BrNO2/c1-8-11(4-5-16-8)12(15)14-7-9-2-3-10(13)6-9/h8-11H,2-7H2,1H3,(H,14,15). The zero-order valence-corrected chi connectivity index (χ0v) is 11.3. The van der Waals surface area contributed by atoms with Gasteiger partial charge in [-0.1, -0.05) is 15.9 Å². The highest BCUT2D eigenvalue weighted by atomic mass is 79.9. The first-order valence-electron chi connectivity index (χ1n) is 6.20. The van der Waals surface area contributed by atoms with Crippen LogP contribution >= 0.6 is 15.9 Å². The van der Waals surface area contributed by atoms with Crippen LogP contribution in [-0.2, 0) is 9.53 Å². The Kier molecular flexibility index (Phi) is 4.25. The third-order valence-corrected chi connectivity index (χ3v) is 4.59. The van der Waals surface area contributed by atoms with Crippen molar-refractivity contribution in [2.45, 2.75) is 43.5 Å². The van der Waals surface area contributed by atoms with Gasteiger partial charge in [-0.3, -0.25) is 4.79 Å². The van der Waals surface area contributed by atoms with Gasteiger partial charge in [0.05, 0.1) is 12.0 Å². The summed E-state index contributed by atoms with van der Waals surface area (Å²) in [6.45, 7) is 3.55. The molecule has 0 aromatic rings. The lowest BCUT2D eigenvalue weighted by atomic mass is 10.0. The lowest BCUT2D eigenvalue weighted by molar-refractivity contribution is -0.126. The van der Waals surface area contributed by atoms with E-state index in [1.54, 1.807) is 0 Å². The molecular formula is C12H20BrNO2. The molecule has 1 saturated carbocycles. The zero-order chi connectivity index (χ0) is 11.5. The molecule has 1 N–H and O–H groups in total. The number of rotatable bonds is 3. The number of hydrogen-bond acceptors (Lipinski definition) is 2. The van der Waals surface area contributed by atoms with Crippen LogP contribution in [0.5, 0.6) is 0 Å². The summed E-state index contributed by atoms with van der Waals surface area (Å²) in [4.78, 5) is 12.5. The SMILES string of the molecule is CC1OCCC1C(=O)NCC1CCC(Br)C1. The highest BCUT2D eigenvalue weighted by Gasteiger charge is 2.31. The average molecular weight is 290 g/mol. The second-order valence-corrected chi connectivity index (χ2v) is 6.29. The van der Waals surface area contributed by atoms with Gasteiger partial charge in [-0.15, -0.1) is 0 Å². The molecule has 2 rings (SSSR count). The van der Waals surface area contributed by atoms with Gasteiger partial charge in [0.1, 0.15) is 0 Å². The van der Waals surface area contributed by atoms with Crippen LogP contribution in [0.2, 0.25) is 0 Å². The molecule has 3 nitrogen and oxygen atoms in total.